The number of aryl methyl sites for hydroxylation is 1. The number of pyridine rings is 2. The van der Waals surface area contributed by atoms with E-state index in [2.05, 4.69) is 63.1 Å². The Balaban J connectivity index is 1.40. The largest absolute Gasteiger partial charge is 0.384 e. The van der Waals surface area contributed by atoms with Crippen LogP contribution in [0.15, 0.2) is 48.7 Å². The lowest BCUT2D eigenvalue weighted by molar-refractivity contribution is 0.0740. The molecular weight excluding hydrogens is 464 g/mol. The van der Waals surface area contributed by atoms with Crippen LogP contribution in [0.4, 0.5) is 23.0 Å². The van der Waals surface area contributed by atoms with Crippen molar-refractivity contribution in [1.82, 2.24) is 20.2 Å². The Bertz CT molecular complexity index is 1300. The van der Waals surface area contributed by atoms with Crippen molar-refractivity contribution in [3.8, 4) is 0 Å². The van der Waals surface area contributed by atoms with E-state index in [0.717, 1.165) is 37.8 Å². The van der Waals surface area contributed by atoms with E-state index in [9.17, 15) is 9.90 Å². The Morgan fingerprint density at radius 3 is 2.57 bits per heavy atom. The van der Waals surface area contributed by atoms with E-state index in [-0.39, 0.29) is 11.9 Å². The molecule has 3 aromatic rings. The highest BCUT2D eigenvalue weighted by Gasteiger charge is 2.26. The summed E-state index contributed by atoms with van der Waals surface area (Å²) in [4.78, 5) is 24.4. The molecule has 194 valence electrons. The number of hydrogen-bond donors (Lipinski definition) is 4. The summed E-state index contributed by atoms with van der Waals surface area (Å²) in [6, 6.07) is 14.6. The molecule has 1 amide bonds. The van der Waals surface area contributed by atoms with Crippen molar-refractivity contribution >= 4 is 28.9 Å². The number of aromatic nitrogens is 2. The van der Waals surface area contributed by atoms with Crippen molar-refractivity contribution in [1.29, 1.82) is 0 Å². The average Bonchev–Trinajstić information content (AvgIpc) is 3.67. The minimum Gasteiger partial charge on any atom is -0.384 e. The van der Waals surface area contributed by atoms with Gasteiger partial charge in [-0.3, -0.25) is 4.79 Å². The number of nitrogens with zero attached hydrogens (tertiary/aromatic N) is 3. The molecule has 0 bridgehead atoms. The first-order valence-corrected chi connectivity index (χ1v) is 13.0. The van der Waals surface area contributed by atoms with Crippen LogP contribution in [0.25, 0.3) is 0 Å². The molecule has 1 aromatic carbocycles. The van der Waals surface area contributed by atoms with Crippen LogP contribution in [0.2, 0.25) is 0 Å². The Kier molecular flexibility index (Phi) is 6.88. The van der Waals surface area contributed by atoms with Gasteiger partial charge in [-0.1, -0.05) is 12.1 Å². The summed E-state index contributed by atoms with van der Waals surface area (Å²) in [5, 5.41) is 20.1. The Morgan fingerprint density at radius 2 is 1.84 bits per heavy atom. The van der Waals surface area contributed by atoms with Crippen molar-refractivity contribution < 1.29 is 9.90 Å². The highest BCUT2D eigenvalue weighted by Crippen LogP contribution is 2.30. The second-order valence-electron chi connectivity index (χ2n) is 10.9. The maximum Gasteiger partial charge on any atom is 0.255 e. The molecule has 0 saturated heterocycles. The third-order valence-corrected chi connectivity index (χ3v) is 7.11. The summed E-state index contributed by atoms with van der Waals surface area (Å²) in [5.41, 5.74) is 4.26. The van der Waals surface area contributed by atoms with Crippen LogP contribution in [-0.4, -0.2) is 52.1 Å². The lowest BCUT2D eigenvalue weighted by atomic mass is 9.87. The molecule has 2 aliphatic rings. The van der Waals surface area contributed by atoms with E-state index in [4.69, 9.17) is 0 Å². The van der Waals surface area contributed by atoms with Gasteiger partial charge in [0.15, 0.2) is 0 Å². The number of anilines is 4. The van der Waals surface area contributed by atoms with Crippen LogP contribution < -0.4 is 16.0 Å². The number of rotatable bonds is 8. The minimum atomic E-state index is -1.08. The van der Waals surface area contributed by atoms with Crippen molar-refractivity contribution in [2.24, 2.45) is 0 Å². The van der Waals surface area contributed by atoms with E-state index in [1.54, 1.807) is 26.1 Å². The van der Waals surface area contributed by atoms with E-state index < -0.39 is 5.60 Å². The van der Waals surface area contributed by atoms with Gasteiger partial charge in [0.2, 0.25) is 0 Å². The zero-order valence-corrected chi connectivity index (χ0v) is 22.0. The molecular formula is C29H36N6O2. The predicted molar refractivity (Wildman–Crippen MR) is 147 cm³/mol. The average molecular weight is 501 g/mol. The standard InChI is InChI=1S/C29H36N6O2/c1-29(2,37)25-6-5-7-26(34-25)33-24-16-27(30-17-23(24)28(36)32-20-11-12-20)31-21-10-8-19-15-22(35(3)4)13-9-18(19)14-21/h5-8,10,14,16-17,20,22,37H,9,11-13,15H2,1-4H3,(H,32,36)(H2,30,31,33,34). The first-order chi connectivity index (χ1) is 17.7. The van der Waals surface area contributed by atoms with Crippen molar-refractivity contribution in [2.45, 2.75) is 63.6 Å². The number of benzene rings is 1. The molecule has 37 heavy (non-hydrogen) atoms. The van der Waals surface area contributed by atoms with E-state index in [0.29, 0.717) is 34.6 Å². The molecule has 0 aliphatic heterocycles. The first kappa shape index (κ1) is 25.2. The highest BCUT2D eigenvalue weighted by atomic mass is 16.3. The first-order valence-electron chi connectivity index (χ1n) is 13.0. The summed E-state index contributed by atoms with van der Waals surface area (Å²) in [6.45, 7) is 3.39. The molecule has 2 heterocycles. The van der Waals surface area contributed by atoms with Gasteiger partial charge in [0.25, 0.3) is 5.91 Å². The van der Waals surface area contributed by atoms with Crippen LogP contribution in [0.5, 0.6) is 0 Å². The van der Waals surface area contributed by atoms with E-state index >= 15 is 0 Å². The topological polar surface area (TPSA) is 102 Å². The molecule has 0 radical (unpaired) electrons. The Labute approximate surface area is 218 Å². The molecule has 4 N–H and O–H groups in total. The molecule has 5 rings (SSSR count). The van der Waals surface area contributed by atoms with Gasteiger partial charge in [-0.05, 0) is 95.4 Å². The van der Waals surface area contributed by atoms with Gasteiger partial charge < -0.3 is 26.0 Å². The fourth-order valence-electron chi connectivity index (χ4n) is 4.68. The number of amides is 1. The zero-order chi connectivity index (χ0) is 26.2. The number of carbonyl (C=O) groups is 1. The van der Waals surface area contributed by atoms with Gasteiger partial charge in [0, 0.05) is 30.0 Å². The van der Waals surface area contributed by atoms with Crippen LogP contribution in [0, 0.1) is 0 Å². The van der Waals surface area contributed by atoms with Crippen LogP contribution in [-0.2, 0) is 18.4 Å². The second kappa shape index (κ2) is 10.1. The highest BCUT2D eigenvalue weighted by molar-refractivity contribution is 6.00. The SMILES string of the molecule is CN(C)C1CCc2cc(Nc3cc(Nc4cccc(C(C)(C)O)n4)c(C(=O)NC4CC4)cn3)ccc2C1. The molecule has 1 unspecified atom stereocenters. The zero-order valence-electron chi connectivity index (χ0n) is 22.0. The summed E-state index contributed by atoms with van der Waals surface area (Å²) in [7, 11) is 4.29. The van der Waals surface area contributed by atoms with Gasteiger partial charge in [-0.25, -0.2) is 9.97 Å². The molecule has 1 atom stereocenters. The fraction of sp³-hybridized carbons (Fsp3) is 0.414. The van der Waals surface area contributed by atoms with E-state index in [1.807, 2.05) is 18.2 Å². The van der Waals surface area contributed by atoms with Gasteiger partial charge in [0.1, 0.15) is 17.2 Å². The molecule has 2 aromatic heterocycles. The summed E-state index contributed by atoms with van der Waals surface area (Å²) in [5.74, 6) is 1.01. The summed E-state index contributed by atoms with van der Waals surface area (Å²) >= 11 is 0. The number of aliphatic hydroxyl groups is 1. The van der Waals surface area contributed by atoms with Gasteiger partial charge in [-0.2, -0.15) is 0 Å². The molecule has 1 fully saturated rings. The second-order valence-corrected chi connectivity index (χ2v) is 10.9. The van der Waals surface area contributed by atoms with Crippen molar-refractivity contribution in [3.05, 3.63) is 71.0 Å². The molecule has 1 saturated carbocycles. The molecule has 8 nitrogen and oxygen atoms in total. The predicted octanol–water partition coefficient (Wildman–Crippen LogP) is 4.50. The third kappa shape index (κ3) is 6.09. The summed E-state index contributed by atoms with van der Waals surface area (Å²) < 4.78 is 0. The maximum atomic E-state index is 13.0. The monoisotopic (exact) mass is 500 g/mol. The number of fused-ring (bicyclic) bond motifs is 1. The number of hydrogen-bond acceptors (Lipinski definition) is 7. The lowest BCUT2D eigenvalue weighted by Gasteiger charge is -2.30. The number of carbonyl (C=O) groups excluding carboxylic acids is 1. The normalized spacial score (nSPS) is 17.3. The van der Waals surface area contributed by atoms with Crippen molar-refractivity contribution in [2.75, 3.05) is 24.7 Å². The smallest absolute Gasteiger partial charge is 0.255 e. The van der Waals surface area contributed by atoms with Crippen LogP contribution in [0.3, 0.4) is 0 Å². The molecule has 2 aliphatic carbocycles. The van der Waals surface area contributed by atoms with Crippen LogP contribution >= 0.6 is 0 Å². The number of likely N-dealkylation sites (N-methyl/N-ethyl adjacent to an activating group) is 1. The van der Waals surface area contributed by atoms with Crippen molar-refractivity contribution in [3.63, 3.8) is 0 Å². The van der Waals surface area contributed by atoms with E-state index in [1.165, 1.54) is 11.1 Å². The fourth-order valence-corrected chi connectivity index (χ4v) is 4.68. The Morgan fingerprint density at radius 1 is 1.03 bits per heavy atom. The molecule has 0 spiro atoms. The van der Waals surface area contributed by atoms with Gasteiger partial charge in [-0.15, -0.1) is 0 Å². The molecule has 8 heteroatoms. The Hall–Kier alpha value is -3.49. The van der Waals surface area contributed by atoms with Gasteiger partial charge in [0.05, 0.1) is 16.9 Å². The van der Waals surface area contributed by atoms with Crippen LogP contribution in [0.1, 0.15) is 60.3 Å². The number of nitrogens with one attached hydrogen (secondary N) is 3. The minimum absolute atomic E-state index is 0.160. The lowest BCUT2D eigenvalue weighted by Crippen LogP contribution is -2.33. The summed E-state index contributed by atoms with van der Waals surface area (Å²) in [6.07, 6.45) is 6.88. The maximum absolute atomic E-state index is 13.0. The quantitative estimate of drug-likeness (QED) is 0.361. The van der Waals surface area contributed by atoms with Gasteiger partial charge >= 0.3 is 0 Å². The third-order valence-electron chi connectivity index (χ3n) is 7.11.